The Kier molecular flexibility index (Phi) is 3.04. The summed E-state index contributed by atoms with van der Waals surface area (Å²) in [5.74, 6) is -0.121. The minimum atomic E-state index is -0.449. The molecule has 4 nitrogen and oxygen atoms in total. The van der Waals surface area contributed by atoms with Gasteiger partial charge in [0.25, 0.3) is 0 Å². The van der Waals surface area contributed by atoms with E-state index < -0.39 is 5.54 Å². The van der Waals surface area contributed by atoms with Crippen LogP contribution >= 0.6 is 0 Å². The van der Waals surface area contributed by atoms with Gasteiger partial charge >= 0.3 is 5.97 Å². The Bertz CT molecular complexity index is 315. The Hall–Kier alpha value is -0.870. The number of esters is 1. The molecule has 0 aromatic carbocycles. The number of rotatable bonds is 3. The number of nitrogens with zero attached hydrogens (tertiary/aromatic N) is 1. The second-order valence-corrected chi connectivity index (χ2v) is 4.73. The standard InChI is InChI=1S/C12H19NO3/c1-9-6-12(11(14)16-3)5-4-10(8-15-2)13(12)7-9/h10H,1,4-8H2,2-3H3/t10-,12+/m0/s1. The first-order valence-electron chi connectivity index (χ1n) is 5.65. The molecule has 0 aliphatic carbocycles. The van der Waals surface area contributed by atoms with E-state index in [1.807, 2.05) is 0 Å². The van der Waals surface area contributed by atoms with Gasteiger partial charge in [-0.2, -0.15) is 0 Å². The third-order valence-electron chi connectivity index (χ3n) is 3.74. The fourth-order valence-corrected chi connectivity index (χ4v) is 3.08. The Morgan fingerprint density at radius 3 is 3.00 bits per heavy atom. The van der Waals surface area contributed by atoms with Gasteiger partial charge in [-0.05, 0) is 19.3 Å². The third kappa shape index (κ3) is 1.57. The van der Waals surface area contributed by atoms with Crippen LogP contribution in [-0.2, 0) is 14.3 Å². The summed E-state index contributed by atoms with van der Waals surface area (Å²) in [5, 5.41) is 0. The van der Waals surface area contributed by atoms with Crippen LogP contribution in [0.5, 0.6) is 0 Å². The quantitative estimate of drug-likeness (QED) is 0.530. The van der Waals surface area contributed by atoms with Crippen LogP contribution in [0.15, 0.2) is 12.2 Å². The van der Waals surface area contributed by atoms with Gasteiger partial charge in [0, 0.05) is 19.7 Å². The van der Waals surface area contributed by atoms with Gasteiger partial charge in [-0.15, -0.1) is 0 Å². The normalized spacial score (nSPS) is 34.1. The van der Waals surface area contributed by atoms with Crippen molar-refractivity contribution in [3.63, 3.8) is 0 Å². The van der Waals surface area contributed by atoms with Crippen LogP contribution in [0.3, 0.4) is 0 Å². The first kappa shape index (κ1) is 11.6. The van der Waals surface area contributed by atoms with Crippen LogP contribution < -0.4 is 0 Å². The zero-order valence-corrected chi connectivity index (χ0v) is 9.99. The summed E-state index contributed by atoms with van der Waals surface area (Å²) < 4.78 is 10.2. The molecule has 16 heavy (non-hydrogen) atoms. The lowest BCUT2D eigenvalue weighted by molar-refractivity contribution is -0.152. The van der Waals surface area contributed by atoms with E-state index >= 15 is 0 Å². The molecule has 0 aromatic heterocycles. The van der Waals surface area contributed by atoms with Crippen molar-refractivity contribution in [1.29, 1.82) is 0 Å². The highest BCUT2D eigenvalue weighted by molar-refractivity contribution is 5.82. The largest absolute Gasteiger partial charge is 0.468 e. The van der Waals surface area contributed by atoms with Crippen LogP contribution in [0.25, 0.3) is 0 Å². The van der Waals surface area contributed by atoms with Gasteiger partial charge < -0.3 is 9.47 Å². The molecular weight excluding hydrogens is 206 g/mol. The summed E-state index contributed by atoms with van der Waals surface area (Å²) in [6, 6.07) is 0.323. The van der Waals surface area contributed by atoms with Crippen molar-refractivity contribution in [3.8, 4) is 0 Å². The fraction of sp³-hybridized carbons (Fsp3) is 0.750. The first-order valence-corrected chi connectivity index (χ1v) is 5.65. The molecule has 2 fully saturated rings. The summed E-state index contributed by atoms with van der Waals surface area (Å²) >= 11 is 0. The Morgan fingerprint density at radius 1 is 1.62 bits per heavy atom. The topological polar surface area (TPSA) is 38.8 Å². The maximum absolute atomic E-state index is 12.0. The van der Waals surface area contributed by atoms with Crippen LogP contribution in [0.2, 0.25) is 0 Å². The van der Waals surface area contributed by atoms with E-state index in [1.165, 1.54) is 7.11 Å². The molecule has 2 rings (SSSR count). The predicted molar refractivity (Wildman–Crippen MR) is 60.1 cm³/mol. The molecule has 0 amide bonds. The maximum Gasteiger partial charge on any atom is 0.326 e. The number of fused-ring (bicyclic) bond motifs is 1. The van der Waals surface area contributed by atoms with Crippen LogP contribution in [-0.4, -0.2) is 49.8 Å². The first-order chi connectivity index (χ1) is 7.64. The molecule has 0 N–H and O–H groups in total. The second kappa shape index (κ2) is 4.18. The summed E-state index contributed by atoms with van der Waals surface area (Å²) in [5.41, 5.74) is 0.667. The van der Waals surface area contributed by atoms with E-state index in [4.69, 9.17) is 9.47 Å². The lowest BCUT2D eigenvalue weighted by atomic mass is 9.93. The van der Waals surface area contributed by atoms with Gasteiger partial charge in [-0.25, -0.2) is 0 Å². The number of hydrogen-bond donors (Lipinski definition) is 0. The summed E-state index contributed by atoms with van der Waals surface area (Å²) in [6.45, 7) is 5.47. The number of carbonyl (C=O) groups excluding carboxylic acids is 1. The van der Waals surface area contributed by atoms with Crippen molar-refractivity contribution >= 4 is 5.97 Å². The third-order valence-corrected chi connectivity index (χ3v) is 3.74. The number of carbonyl (C=O) groups is 1. The van der Waals surface area contributed by atoms with Gasteiger partial charge in [0.05, 0.1) is 13.7 Å². The number of ether oxygens (including phenoxy) is 2. The molecule has 2 saturated heterocycles. The number of hydrogen-bond acceptors (Lipinski definition) is 4. The van der Waals surface area contributed by atoms with E-state index in [0.29, 0.717) is 12.6 Å². The van der Waals surface area contributed by atoms with E-state index in [0.717, 1.165) is 31.4 Å². The van der Waals surface area contributed by atoms with Crippen molar-refractivity contribution in [1.82, 2.24) is 4.90 Å². The van der Waals surface area contributed by atoms with E-state index in [2.05, 4.69) is 11.5 Å². The van der Waals surface area contributed by atoms with Crippen molar-refractivity contribution in [2.45, 2.75) is 30.8 Å². The Morgan fingerprint density at radius 2 is 2.38 bits per heavy atom. The Labute approximate surface area is 96.2 Å². The molecule has 4 heteroatoms. The van der Waals surface area contributed by atoms with E-state index in [-0.39, 0.29) is 5.97 Å². The lowest BCUT2D eigenvalue weighted by Gasteiger charge is -2.31. The molecule has 2 aliphatic rings. The van der Waals surface area contributed by atoms with E-state index in [1.54, 1.807) is 7.11 Å². The average molecular weight is 225 g/mol. The molecule has 90 valence electrons. The summed E-state index contributed by atoms with van der Waals surface area (Å²) in [6.07, 6.45) is 2.59. The van der Waals surface area contributed by atoms with Gasteiger partial charge in [-0.3, -0.25) is 9.69 Å². The van der Waals surface area contributed by atoms with E-state index in [9.17, 15) is 4.79 Å². The van der Waals surface area contributed by atoms with Crippen LogP contribution in [0, 0.1) is 0 Å². The smallest absolute Gasteiger partial charge is 0.326 e. The van der Waals surface area contributed by atoms with Crippen molar-refractivity contribution < 1.29 is 14.3 Å². The molecular formula is C12H19NO3. The maximum atomic E-state index is 12.0. The highest BCUT2D eigenvalue weighted by Crippen LogP contribution is 2.44. The highest BCUT2D eigenvalue weighted by atomic mass is 16.5. The molecule has 0 saturated carbocycles. The SMILES string of the molecule is C=C1CN2[C@H](COC)CC[C@]2(C(=O)OC)C1. The molecule has 0 spiro atoms. The zero-order chi connectivity index (χ0) is 11.8. The van der Waals surface area contributed by atoms with Crippen molar-refractivity contribution in [2.75, 3.05) is 27.4 Å². The molecule has 2 atom stereocenters. The number of methoxy groups -OCH3 is 2. The highest BCUT2D eigenvalue weighted by Gasteiger charge is 2.56. The van der Waals surface area contributed by atoms with Gasteiger partial charge in [0.15, 0.2) is 0 Å². The summed E-state index contributed by atoms with van der Waals surface area (Å²) in [7, 11) is 3.16. The molecule has 0 aromatic rings. The summed E-state index contributed by atoms with van der Waals surface area (Å²) in [4.78, 5) is 14.2. The van der Waals surface area contributed by atoms with Gasteiger partial charge in [-0.1, -0.05) is 12.2 Å². The average Bonchev–Trinajstić information content (AvgIpc) is 2.75. The minimum Gasteiger partial charge on any atom is -0.468 e. The lowest BCUT2D eigenvalue weighted by Crippen LogP contribution is -2.50. The molecule has 2 aliphatic heterocycles. The Balaban J connectivity index is 2.23. The minimum absolute atomic E-state index is 0.121. The molecule has 0 unspecified atom stereocenters. The van der Waals surface area contributed by atoms with Crippen molar-refractivity contribution in [2.24, 2.45) is 0 Å². The fourth-order valence-electron chi connectivity index (χ4n) is 3.08. The van der Waals surface area contributed by atoms with Crippen LogP contribution in [0.4, 0.5) is 0 Å². The monoisotopic (exact) mass is 225 g/mol. The molecule has 0 radical (unpaired) electrons. The van der Waals surface area contributed by atoms with Crippen molar-refractivity contribution in [3.05, 3.63) is 12.2 Å². The van der Waals surface area contributed by atoms with Crippen LogP contribution in [0.1, 0.15) is 19.3 Å². The molecule has 2 heterocycles. The predicted octanol–water partition coefficient (Wildman–Crippen LogP) is 0.969. The van der Waals surface area contributed by atoms with Gasteiger partial charge in [0.1, 0.15) is 5.54 Å². The second-order valence-electron chi connectivity index (χ2n) is 4.73. The molecule has 0 bridgehead atoms. The van der Waals surface area contributed by atoms with Gasteiger partial charge in [0.2, 0.25) is 0 Å². The zero-order valence-electron chi connectivity index (χ0n) is 9.99.